The van der Waals surface area contributed by atoms with Crippen molar-refractivity contribution in [2.45, 2.75) is 33.1 Å². The van der Waals surface area contributed by atoms with Gasteiger partial charge in [-0.25, -0.2) is 53.6 Å². The van der Waals surface area contributed by atoms with Crippen LogP contribution < -0.4 is 24.3 Å². The molecule has 4 fully saturated rings. The van der Waals surface area contributed by atoms with E-state index in [0.717, 1.165) is 136 Å². The van der Waals surface area contributed by atoms with Gasteiger partial charge in [0, 0.05) is 205 Å². The first-order valence-corrected chi connectivity index (χ1v) is 44.6. The SMILES string of the molecule is COc1ccc(-c2cn(CC(=O)N3CCN(c4ccccn4)CC3)c(-c3ccccc3)n2)cc1.Cc1ccc(-c2nc(-c3ccccc3)cn2CC(=O)N2CCN(c3ccccn3)CC2)cc1.O=C(Cn1cc(-c2ccc(F)cc2)nc1-c1ccccc1)N1CCN(c2ncccn2)CC1.O=C(Cn1cc(-c2ccccc2)nc1-c1ccc(F)cc1)N1CCN(c2ccccn2)CC1. The molecule has 670 valence electrons. The van der Waals surface area contributed by atoms with Crippen LogP contribution in [-0.2, 0) is 45.4 Å². The molecule has 8 aromatic heterocycles. The molecule has 20 rings (SSSR count). The van der Waals surface area contributed by atoms with Crippen molar-refractivity contribution in [2.24, 2.45) is 0 Å². The van der Waals surface area contributed by atoms with Crippen LogP contribution in [0, 0.1) is 18.6 Å². The lowest BCUT2D eigenvalue weighted by atomic mass is 10.1. The first-order valence-electron chi connectivity index (χ1n) is 44.6. The quantitative estimate of drug-likeness (QED) is 0.0649. The summed E-state index contributed by atoms with van der Waals surface area (Å²) in [5.74, 6) is 6.98. The van der Waals surface area contributed by atoms with E-state index < -0.39 is 0 Å². The second-order valence-corrected chi connectivity index (χ2v) is 32.5. The maximum Gasteiger partial charge on any atom is 0.242 e. The van der Waals surface area contributed by atoms with Crippen molar-refractivity contribution in [3.05, 3.63) is 352 Å². The number of halogens is 2. The Hall–Kier alpha value is -16.1. The van der Waals surface area contributed by atoms with E-state index >= 15 is 0 Å². The molecule has 133 heavy (non-hydrogen) atoms. The molecule has 4 aliphatic rings. The molecular weight excluding hydrogens is 1670 g/mol. The Labute approximate surface area is 771 Å². The number of piperazine rings is 4. The third-order valence-electron chi connectivity index (χ3n) is 23.8. The summed E-state index contributed by atoms with van der Waals surface area (Å²) < 4.78 is 39.8. The van der Waals surface area contributed by atoms with E-state index in [4.69, 9.17) is 24.7 Å². The van der Waals surface area contributed by atoms with Gasteiger partial charge in [-0.05, 0) is 122 Å². The number of anilines is 4. The van der Waals surface area contributed by atoms with Crippen LogP contribution in [0.3, 0.4) is 0 Å². The molecule has 8 aromatic carbocycles. The number of carbonyl (C=O) groups is 4. The number of aryl methyl sites for hydroxylation is 1. The first-order chi connectivity index (χ1) is 65.2. The minimum Gasteiger partial charge on any atom is -0.497 e. The van der Waals surface area contributed by atoms with E-state index in [2.05, 4.69) is 75.7 Å². The van der Waals surface area contributed by atoms with Crippen LogP contribution in [0.5, 0.6) is 5.75 Å². The van der Waals surface area contributed by atoms with Gasteiger partial charge in [0.1, 0.15) is 84.3 Å². The zero-order valence-electron chi connectivity index (χ0n) is 74.1. The molecule has 26 nitrogen and oxygen atoms in total. The van der Waals surface area contributed by atoms with Gasteiger partial charge in [0.2, 0.25) is 29.6 Å². The van der Waals surface area contributed by atoms with Gasteiger partial charge in [0.25, 0.3) is 0 Å². The normalized spacial score (nSPS) is 13.8. The van der Waals surface area contributed by atoms with Crippen molar-refractivity contribution in [1.82, 2.24) is 82.7 Å². The highest BCUT2D eigenvalue weighted by molar-refractivity contribution is 5.81. The van der Waals surface area contributed by atoms with Crippen LogP contribution in [0.4, 0.5) is 32.2 Å². The monoisotopic (exact) mass is 1770 g/mol. The summed E-state index contributed by atoms with van der Waals surface area (Å²) in [6.07, 6.45) is 16.6. The summed E-state index contributed by atoms with van der Waals surface area (Å²) in [6, 6.07) is 87.7. The topological polar surface area (TPSA) is 239 Å². The number of nitrogens with zero attached hydrogens (tertiary/aromatic N) is 21. The zero-order chi connectivity index (χ0) is 91.2. The second-order valence-electron chi connectivity index (χ2n) is 32.5. The van der Waals surface area contributed by atoms with Gasteiger partial charge in [0.15, 0.2) is 0 Å². The Kier molecular flexibility index (Phi) is 28.6. The van der Waals surface area contributed by atoms with E-state index in [9.17, 15) is 28.0 Å². The minimum atomic E-state index is -0.304. The average molecular weight is 1780 g/mol. The van der Waals surface area contributed by atoms with E-state index in [0.29, 0.717) is 88.7 Å². The molecule has 0 bridgehead atoms. The predicted octanol–water partition coefficient (Wildman–Crippen LogP) is 15.8. The van der Waals surface area contributed by atoms with E-state index in [1.807, 2.05) is 269 Å². The maximum absolute atomic E-state index is 13.5. The van der Waals surface area contributed by atoms with Gasteiger partial charge in [-0.2, -0.15) is 0 Å². The minimum absolute atomic E-state index is 0.0314. The third kappa shape index (κ3) is 22.6. The summed E-state index contributed by atoms with van der Waals surface area (Å²) in [7, 11) is 1.65. The van der Waals surface area contributed by atoms with E-state index in [-0.39, 0.29) is 61.4 Å². The van der Waals surface area contributed by atoms with Crippen molar-refractivity contribution in [2.75, 3.05) is 131 Å². The fraction of sp³-hybridized carbons (Fsp3) is 0.210. The Morgan fingerprint density at radius 1 is 0.271 bits per heavy atom. The first kappa shape index (κ1) is 88.9. The number of hydrogen-bond acceptors (Lipinski definition) is 18. The molecule has 12 heterocycles. The Morgan fingerprint density at radius 2 is 0.519 bits per heavy atom. The number of methoxy groups -OCH3 is 1. The molecule has 0 N–H and O–H groups in total. The van der Waals surface area contributed by atoms with Gasteiger partial charge in [-0.15, -0.1) is 0 Å². The number of amides is 4. The van der Waals surface area contributed by atoms with Crippen LogP contribution in [0.1, 0.15) is 5.56 Å². The summed E-state index contributed by atoms with van der Waals surface area (Å²) >= 11 is 0. The van der Waals surface area contributed by atoms with Gasteiger partial charge in [-0.1, -0.05) is 169 Å². The van der Waals surface area contributed by atoms with Gasteiger partial charge in [-0.3, -0.25) is 19.2 Å². The molecule has 4 saturated heterocycles. The molecule has 0 unspecified atom stereocenters. The summed E-state index contributed by atoms with van der Waals surface area (Å²) in [5.41, 5.74) is 11.9. The second kappa shape index (κ2) is 42.9. The summed E-state index contributed by atoms with van der Waals surface area (Å²) in [6.45, 7) is 14.1. The third-order valence-corrected chi connectivity index (χ3v) is 23.8. The Morgan fingerprint density at radius 3 is 0.812 bits per heavy atom. The summed E-state index contributed by atoms with van der Waals surface area (Å²) in [4.78, 5) is 110. The number of carbonyl (C=O) groups excluding carboxylic acids is 4. The van der Waals surface area contributed by atoms with Crippen LogP contribution >= 0.6 is 0 Å². The highest BCUT2D eigenvalue weighted by Gasteiger charge is 2.30. The highest BCUT2D eigenvalue weighted by atomic mass is 19.1. The number of rotatable bonds is 21. The number of aromatic nitrogens is 13. The van der Waals surface area contributed by atoms with Crippen molar-refractivity contribution in [1.29, 1.82) is 0 Å². The van der Waals surface area contributed by atoms with E-state index in [1.54, 1.807) is 62.2 Å². The highest BCUT2D eigenvalue weighted by Crippen LogP contribution is 2.33. The fourth-order valence-electron chi connectivity index (χ4n) is 16.5. The molecule has 16 aromatic rings. The largest absolute Gasteiger partial charge is 0.497 e. The molecule has 0 spiro atoms. The maximum atomic E-state index is 13.5. The molecule has 0 saturated carbocycles. The smallest absolute Gasteiger partial charge is 0.242 e. The number of ether oxygens (including phenoxy) is 1. The number of benzene rings is 8. The standard InChI is InChI=1S/C27H27N5O2.C27H27N5O.C26H24FN5O.C25H23FN6O/c1-34-23-12-10-21(11-13-23)24-19-32(27(29-24)22-7-3-2-4-8-22)20-26(33)31-17-15-30(16-18-31)25-9-5-6-14-28-25;1-21-10-12-23(13-11-21)27-29-24(22-7-3-2-4-8-22)19-32(27)20-26(33)31-17-15-30(16-18-31)25-9-5-6-14-28-25;27-22-11-9-21(10-12-22)26-29-23(20-6-2-1-3-7-20)18-32(26)19-25(33)31-16-14-30(15-17-31)24-8-4-5-13-28-24;26-21-9-7-19(8-10-21)22-17-32(24(29-22)20-5-2-1-3-6-20)18-23(33)30-13-15-31(16-14-30)25-27-11-4-12-28-25/h2-14,19H,15-18,20H2,1H3;2-14,19H,15-18,20H2,1H3;1-13,18H,14-17,19H2;1-12,17H,13-16,18H2. The van der Waals surface area contributed by atoms with Crippen LogP contribution in [0.25, 0.3) is 90.6 Å². The van der Waals surface area contributed by atoms with Gasteiger partial charge >= 0.3 is 0 Å². The number of pyridine rings is 3. The predicted molar refractivity (Wildman–Crippen MR) is 514 cm³/mol. The molecule has 4 amide bonds. The Bertz CT molecular complexity index is 6260. The van der Waals surface area contributed by atoms with Gasteiger partial charge in [0.05, 0.1) is 29.9 Å². The van der Waals surface area contributed by atoms with Crippen LogP contribution in [0.15, 0.2) is 335 Å². The lowest BCUT2D eigenvalue weighted by Gasteiger charge is -2.35. The summed E-state index contributed by atoms with van der Waals surface area (Å²) in [5, 5.41) is 0. The number of imidazole rings is 4. The zero-order valence-corrected chi connectivity index (χ0v) is 74.1. The molecule has 4 aliphatic heterocycles. The van der Waals surface area contributed by atoms with Crippen molar-refractivity contribution >= 4 is 47.0 Å². The average Bonchev–Trinajstić information content (AvgIpc) is 1.68. The Balaban J connectivity index is 0.000000124. The van der Waals surface area contributed by atoms with Crippen LogP contribution in [-0.4, -0.2) is 218 Å². The lowest BCUT2D eigenvalue weighted by Crippen LogP contribution is -2.50. The van der Waals surface area contributed by atoms with Crippen molar-refractivity contribution in [3.8, 4) is 96.3 Å². The fourth-order valence-corrected chi connectivity index (χ4v) is 16.5. The number of hydrogen-bond donors (Lipinski definition) is 0. The van der Waals surface area contributed by atoms with Gasteiger partial charge < -0.3 is 62.2 Å². The van der Waals surface area contributed by atoms with E-state index in [1.165, 1.54) is 29.8 Å². The molecule has 0 radical (unpaired) electrons. The molecule has 0 atom stereocenters. The lowest BCUT2D eigenvalue weighted by molar-refractivity contribution is -0.132. The van der Waals surface area contributed by atoms with Crippen LogP contribution in [0.2, 0.25) is 0 Å². The molecule has 28 heteroatoms. The molecule has 0 aliphatic carbocycles. The van der Waals surface area contributed by atoms with Crippen molar-refractivity contribution in [3.63, 3.8) is 0 Å². The van der Waals surface area contributed by atoms with Crippen molar-refractivity contribution < 1.29 is 32.7 Å². The molecular formula is C105H101F2N21O5.